The van der Waals surface area contributed by atoms with Gasteiger partial charge in [0.2, 0.25) is 0 Å². The smallest absolute Gasteiger partial charge is 0.155 e. The van der Waals surface area contributed by atoms with Gasteiger partial charge in [-0.3, -0.25) is 0 Å². The van der Waals surface area contributed by atoms with Gasteiger partial charge in [-0.1, -0.05) is 33.1 Å². The molecule has 0 bridgehead atoms. The van der Waals surface area contributed by atoms with Crippen LogP contribution in [0.1, 0.15) is 52.4 Å². The Kier molecular flexibility index (Phi) is 8.07. The van der Waals surface area contributed by atoms with Crippen LogP contribution in [0.2, 0.25) is 0 Å². The third kappa shape index (κ3) is 6.13. The normalized spacial score (nSPS) is 12.5. The third-order valence-corrected chi connectivity index (χ3v) is 2.03. The Morgan fingerprint density at radius 3 is 2.50 bits per heavy atom. The first-order valence-electron chi connectivity index (χ1n) is 4.83. The van der Waals surface area contributed by atoms with Crippen molar-refractivity contribution >= 4 is 0 Å². The van der Waals surface area contributed by atoms with E-state index in [9.17, 15) is 4.91 Å². The summed E-state index contributed by atoms with van der Waals surface area (Å²) in [5.41, 5.74) is 0. The summed E-state index contributed by atoms with van der Waals surface area (Å²) in [4.78, 5) is 14.4. The van der Waals surface area contributed by atoms with Crippen molar-refractivity contribution in [3.8, 4) is 0 Å². The minimum absolute atomic E-state index is 0.0411. The van der Waals surface area contributed by atoms with E-state index in [4.69, 9.17) is 0 Å². The Labute approximate surface area is 74.4 Å². The second kappa shape index (κ2) is 8.50. The van der Waals surface area contributed by atoms with Crippen LogP contribution in [-0.4, -0.2) is 6.10 Å². The summed E-state index contributed by atoms with van der Waals surface area (Å²) >= 11 is 0. The second-order valence-corrected chi connectivity index (χ2v) is 3.06. The number of nitrogens with zero attached hydrogens (tertiary/aromatic N) is 1. The molecule has 3 heteroatoms. The lowest BCUT2D eigenvalue weighted by molar-refractivity contribution is 0.0448. The summed E-state index contributed by atoms with van der Waals surface area (Å²) in [7, 11) is 0. The van der Waals surface area contributed by atoms with Gasteiger partial charge in [0.05, 0.1) is 0 Å². The molecule has 0 aliphatic rings. The number of hydrogen-bond acceptors (Lipinski definition) is 3. The van der Waals surface area contributed by atoms with Crippen molar-refractivity contribution in [1.82, 2.24) is 0 Å². The van der Waals surface area contributed by atoms with E-state index in [1.54, 1.807) is 0 Å². The van der Waals surface area contributed by atoms with Crippen LogP contribution in [0.25, 0.3) is 0 Å². The van der Waals surface area contributed by atoms with Crippen molar-refractivity contribution in [2.75, 3.05) is 0 Å². The highest BCUT2D eigenvalue weighted by Gasteiger charge is 2.06. The van der Waals surface area contributed by atoms with E-state index < -0.39 is 0 Å². The summed E-state index contributed by atoms with van der Waals surface area (Å²) in [6, 6.07) is 0. The van der Waals surface area contributed by atoms with Crippen LogP contribution < -0.4 is 0 Å². The second-order valence-electron chi connectivity index (χ2n) is 3.06. The molecular weight excluding hydrogens is 154 g/mol. The van der Waals surface area contributed by atoms with Gasteiger partial charge in [0.15, 0.2) is 5.34 Å². The van der Waals surface area contributed by atoms with Gasteiger partial charge >= 0.3 is 0 Å². The van der Waals surface area contributed by atoms with Gasteiger partial charge < -0.3 is 4.84 Å². The van der Waals surface area contributed by atoms with Crippen molar-refractivity contribution in [2.24, 2.45) is 5.34 Å². The van der Waals surface area contributed by atoms with Crippen molar-refractivity contribution < 1.29 is 4.84 Å². The highest BCUT2D eigenvalue weighted by atomic mass is 16.7. The van der Waals surface area contributed by atoms with Crippen molar-refractivity contribution in [2.45, 2.75) is 58.5 Å². The third-order valence-electron chi connectivity index (χ3n) is 2.03. The van der Waals surface area contributed by atoms with E-state index >= 15 is 0 Å². The predicted molar refractivity (Wildman–Crippen MR) is 49.7 cm³/mol. The van der Waals surface area contributed by atoms with Crippen LogP contribution in [0.4, 0.5) is 0 Å². The molecule has 0 fully saturated rings. The minimum Gasteiger partial charge on any atom is -0.361 e. The van der Waals surface area contributed by atoms with E-state index in [2.05, 4.69) is 17.1 Å². The van der Waals surface area contributed by atoms with Gasteiger partial charge in [0.1, 0.15) is 6.10 Å². The van der Waals surface area contributed by atoms with Gasteiger partial charge in [0, 0.05) is 0 Å². The molecule has 3 nitrogen and oxygen atoms in total. The zero-order valence-corrected chi connectivity index (χ0v) is 8.08. The average Bonchev–Trinajstić information content (AvgIpc) is 2.10. The van der Waals surface area contributed by atoms with E-state index in [-0.39, 0.29) is 6.10 Å². The lowest BCUT2D eigenvalue weighted by atomic mass is 10.1. The van der Waals surface area contributed by atoms with Gasteiger partial charge in [-0.25, -0.2) is 0 Å². The molecule has 0 rings (SSSR count). The maximum atomic E-state index is 9.79. The molecule has 0 saturated carbocycles. The molecule has 0 aromatic rings. The molecule has 0 N–H and O–H groups in total. The van der Waals surface area contributed by atoms with E-state index in [0.717, 1.165) is 19.3 Å². The first kappa shape index (κ1) is 11.4. The molecule has 0 aliphatic carbocycles. The Morgan fingerprint density at radius 2 is 2.00 bits per heavy atom. The highest BCUT2D eigenvalue weighted by molar-refractivity contribution is 4.54. The number of rotatable bonds is 8. The SMILES string of the molecule is CCCCCCC(CC)ON=O. The molecule has 0 saturated heterocycles. The number of hydrogen-bond donors (Lipinski definition) is 0. The Hall–Kier alpha value is -0.600. The molecule has 0 aromatic carbocycles. The molecule has 0 heterocycles. The lowest BCUT2D eigenvalue weighted by Crippen LogP contribution is -2.07. The zero-order chi connectivity index (χ0) is 9.23. The molecule has 0 spiro atoms. The van der Waals surface area contributed by atoms with Crippen LogP contribution >= 0.6 is 0 Å². The van der Waals surface area contributed by atoms with Gasteiger partial charge in [-0.05, 0) is 19.3 Å². The van der Waals surface area contributed by atoms with E-state index in [1.165, 1.54) is 19.3 Å². The molecular formula is C9H19NO2. The molecule has 0 aromatic heterocycles. The van der Waals surface area contributed by atoms with E-state index in [1.807, 2.05) is 6.92 Å². The van der Waals surface area contributed by atoms with Gasteiger partial charge in [-0.15, -0.1) is 4.91 Å². The summed E-state index contributed by atoms with van der Waals surface area (Å²) in [5, 5.41) is 2.46. The highest BCUT2D eigenvalue weighted by Crippen LogP contribution is 2.10. The standard InChI is InChI=1S/C9H19NO2/c1-3-5-6-7-8-9(4-2)12-10-11/h9H,3-8H2,1-2H3. The fourth-order valence-corrected chi connectivity index (χ4v) is 1.19. The van der Waals surface area contributed by atoms with Crippen LogP contribution in [0.3, 0.4) is 0 Å². The summed E-state index contributed by atoms with van der Waals surface area (Å²) in [6.07, 6.45) is 6.76. The molecule has 0 aliphatic heterocycles. The molecule has 0 amide bonds. The first-order chi connectivity index (χ1) is 5.85. The number of unbranched alkanes of at least 4 members (excludes halogenated alkanes) is 3. The maximum Gasteiger partial charge on any atom is 0.155 e. The molecule has 1 unspecified atom stereocenters. The van der Waals surface area contributed by atoms with Crippen LogP contribution in [0.15, 0.2) is 5.34 Å². The average molecular weight is 173 g/mol. The van der Waals surface area contributed by atoms with Gasteiger partial charge in [0.25, 0.3) is 0 Å². The Bertz CT molecular complexity index is 107. The minimum atomic E-state index is 0.0411. The van der Waals surface area contributed by atoms with E-state index in [0.29, 0.717) is 0 Å². The quantitative estimate of drug-likeness (QED) is 0.320. The fourth-order valence-electron chi connectivity index (χ4n) is 1.19. The summed E-state index contributed by atoms with van der Waals surface area (Å²) < 4.78 is 0. The Morgan fingerprint density at radius 1 is 1.25 bits per heavy atom. The predicted octanol–water partition coefficient (Wildman–Crippen LogP) is 3.43. The van der Waals surface area contributed by atoms with Crippen molar-refractivity contribution in [1.29, 1.82) is 0 Å². The molecule has 72 valence electrons. The van der Waals surface area contributed by atoms with Gasteiger partial charge in [-0.2, -0.15) is 0 Å². The van der Waals surface area contributed by atoms with Crippen LogP contribution in [0.5, 0.6) is 0 Å². The lowest BCUT2D eigenvalue weighted by Gasteiger charge is -2.09. The molecule has 12 heavy (non-hydrogen) atoms. The zero-order valence-electron chi connectivity index (χ0n) is 8.08. The molecule has 1 atom stereocenters. The summed E-state index contributed by atoms with van der Waals surface area (Å²) in [5.74, 6) is 0. The maximum absolute atomic E-state index is 9.79. The Balaban J connectivity index is 3.25. The first-order valence-corrected chi connectivity index (χ1v) is 4.83. The topological polar surface area (TPSA) is 38.7 Å². The fraction of sp³-hybridized carbons (Fsp3) is 1.00. The monoisotopic (exact) mass is 173 g/mol. The van der Waals surface area contributed by atoms with Crippen molar-refractivity contribution in [3.63, 3.8) is 0 Å². The summed E-state index contributed by atoms with van der Waals surface area (Å²) in [6.45, 7) is 4.19. The van der Waals surface area contributed by atoms with Crippen molar-refractivity contribution in [3.05, 3.63) is 4.91 Å². The van der Waals surface area contributed by atoms with Crippen LogP contribution in [-0.2, 0) is 4.84 Å². The van der Waals surface area contributed by atoms with Crippen LogP contribution in [0, 0.1) is 4.91 Å². The largest absolute Gasteiger partial charge is 0.361 e. The molecule has 0 radical (unpaired) electrons.